The average Bonchev–Trinajstić information content (AvgIpc) is 2.36. The molecule has 19 heavy (non-hydrogen) atoms. The molecule has 0 aliphatic carbocycles. The predicted molar refractivity (Wildman–Crippen MR) is 69.7 cm³/mol. The van der Waals surface area contributed by atoms with Crippen molar-refractivity contribution in [2.24, 2.45) is 0 Å². The highest BCUT2D eigenvalue weighted by Gasteiger charge is 2.09. The summed E-state index contributed by atoms with van der Waals surface area (Å²) >= 11 is 0. The van der Waals surface area contributed by atoms with Gasteiger partial charge in [-0.15, -0.1) is 0 Å². The third kappa shape index (κ3) is 2.77. The number of thiol groups is 3. The van der Waals surface area contributed by atoms with Gasteiger partial charge in [0.15, 0.2) is 32.1 Å². The largest absolute Gasteiger partial charge is 0.227 e. The van der Waals surface area contributed by atoms with E-state index in [1.807, 2.05) is 0 Å². The zero-order valence-electron chi connectivity index (χ0n) is 9.18. The molecule has 0 N–H and O–H groups in total. The fourth-order valence-corrected chi connectivity index (χ4v) is 3.36. The second kappa shape index (κ2) is 5.27. The summed E-state index contributed by atoms with van der Waals surface area (Å²) in [4.78, 5) is -0.322. The maximum absolute atomic E-state index is 11.1. The molecule has 0 saturated heterocycles. The van der Waals surface area contributed by atoms with Crippen LogP contribution >= 0.6 is 0 Å². The minimum Gasteiger partial charge on any atom is -0.227 e. The Bertz CT molecular complexity index is 860. The highest BCUT2D eigenvalue weighted by Crippen LogP contribution is 2.24. The summed E-state index contributed by atoms with van der Waals surface area (Å²) in [5, 5.41) is 0.542. The van der Waals surface area contributed by atoms with Crippen LogP contribution in [0.1, 0.15) is 0 Å². The first-order valence-electron chi connectivity index (χ1n) is 4.91. The van der Waals surface area contributed by atoms with Crippen molar-refractivity contribution >= 4 is 42.9 Å². The van der Waals surface area contributed by atoms with Crippen molar-refractivity contribution in [2.45, 2.75) is 14.7 Å². The van der Waals surface area contributed by atoms with E-state index in [1.165, 1.54) is 24.3 Å². The molecule has 0 spiro atoms. The second-order valence-corrected chi connectivity index (χ2v) is 6.70. The molecule has 9 heteroatoms. The van der Waals surface area contributed by atoms with E-state index in [0.717, 1.165) is 6.07 Å². The van der Waals surface area contributed by atoms with Gasteiger partial charge >= 0.3 is 0 Å². The third-order valence-corrected chi connectivity index (χ3v) is 4.66. The average molecular weight is 320 g/mol. The predicted octanol–water partition coefficient (Wildman–Crippen LogP) is -0.249. The van der Waals surface area contributed by atoms with Crippen molar-refractivity contribution in [3.05, 3.63) is 30.3 Å². The topological polar surface area (TPSA) is 102 Å². The van der Waals surface area contributed by atoms with Crippen molar-refractivity contribution < 1.29 is 25.3 Å². The summed E-state index contributed by atoms with van der Waals surface area (Å²) in [6.45, 7) is 0. The summed E-state index contributed by atoms with van der Waals surface area (Å²) in [6.07, 6.45) is 0. The zero-order valence-corrected chi connectivity index (χ0v) is 11.9. The lowest BCUT2D eigenvalue weighted by molar-refractivity contribution is 0.612. The van der Waals surface area contributed by atoms with E-state index < -0.39 is 32.1 Å². The monoisotopic (exact) mass is 320 g/mol. The molecule has 0 unspecified atom stereocenters. The van der Waals surface area contributed by atoms with E-state index in [9.17, 15) is 25.3 Å². The van der Waals surface area contributed by atoms with Crippen LogP contribution in [-0.4, -0.2) is 25.3 Å². The number of hydrogen-bond acceptors (Lipinski definition) is 6. The van der Waals surface area contributed by atoms with Crippen molar-refractivity contribution in [1.82, 2.24) is 0 Å². The van der Waals surface area contributed by atoms with Gasteiger partial charge in [-0.3, -0.25) is 0 Å². The molecule has 6 nitrogen and oxygen atoms in total. The SMILES string of the molecule is O=[SH](=O)c1ccc2c([SH](=O)=O)cc([SH](=O)=O)cc2c1. The molecule has 0 heterocycles. The van der Waals surface area contributed by atoms with Gasteiger partial charge in [-0.05, 0) is 29.7 Å². The highest BCUT2D eigenvalue weighted by molar-refractivity contribution is 7.73. The van der Waals surface area contributed by atoms with Crippen LogP contribution in [0.2, 0.25) is 0 Å². The van der Waals surface area contributed by atoms with Gasteiger partial charge in [-0.25, -0.2) is 25.3 Å². The van der Waals surface area contributed by atoms with Gasteiger partial charge in [0.25, 0.3) is 0 Å². The lowest BCUT2D eigenvalue weighted by Crippen LogP contribution is -1.90. The molecule has 0 fully saturated rings. The molecule has 2 aromatic rings. The van der Waals surface area contributed by atoms with E-state index in [2.05, 4.69) is 0 Å². The molecular formula is C10H8O6S3. The maximum Gasteiger partial charge on any atom is 0.168 e. The van der Waals surface area contributed by atoms with Crippen LogP contribution in [0.4, 0.5) is 0 Å². The summed E-state index contributed by atoms with van der Waals surface area (Å²) in [5.41, 5.74) is 0. The fourth-order valence-electron chi connectivity index (χ4n) is 1.69. The first-order chi connectivity index (χ1) is 8.90. The second-order valence-electron chi connectivity index (χ2n) is 3.64. The van der Waals surface area contributed by atoms with Gasteiger partial charge < -0.3 is 0 Å². The Labute approximate surface area is 113 Å². The van der Waals surface area contributed by atoms with Crippen LogP contribution in [0.5, 0.6) is 0 Å². The van der Waals surface area contributed by atoms with E-state index in [4.69, 9.17) is 0 Å². The molecule has 0 aliphatic heterocycles. The molecule has 0 atom stereocenters. The minimum atomic E-state index is -2.98. The van der Waals surface area contributed by atoms with Gasteiger partial charge in [0.1, 0.15) is 0 Å². The van der Waals surface area contributed by atoms with E-state index in [0.29, 0.717) is 0 Å². The number of rotatable bonds is 3. The van der Waals surface area contributed by atoms with Gasteiger partial charge in [-0.1, -0.05) is 6.07 Å². The molecule has 0 aliphatic rings. The van der Waals surface area contributed by atoms with Crippen LogP contribution in [-0.2, 0) is 32.1 Å². The quantitative estimate of drug-likeness (QED) is 0.674. The third-order valence-electron chi connectivity index (χ3n) is 2.52. The van der Waals surface area contributed by atoms with Crippen LogP contribution in [0.3, 0.4) is 0 Å². The van der Waals surface area contributed by atoms with Crippen molar-refractivity contribution in [1.29, 1.82) is 0 Å². The summed E-state index contributed by atoms with van der Waals surface area (Å²) in [7, 11) is -8.75. The first kappa shape index (κ1) is 14.0. The highest BCUT2D eigenvalue weighted by atomic mass is 32.2. The summed E-state index contributed by atoms with van der Waals surface area (Å²) in [5.74, 6) is 0. The Morgan fingerprint density at radius 2 is 1.21 bits per heavy atom. The summed E-state index contributed by atoms with van der Waals surface area (Å²) < 4.78 is 65.9. The number of fused-ring (bicyclic) bond motifs is 1. The lowest BCUT2D eigenvalue weighted by Gasteiger charge is -2.03. The van der Waals surface area contributed by atoms with E-state index >= 15 is 0 Å². The zero-order chi connectivity index (χ0) is 14.2. The van der Waals surface area contributed by atoms with Gasteiger partial charge in [0.05, 0.1) is 14.7 Å². The molecule has 2 rings (SSSR count). The molecule has 0 saturated carbocycles. The van der Waals surface area contributed by atoms with Gasteiger partial charge in [-0.2, -0.15) is 0 Å². The standard InChI is InChI=1S/C10H8O6S3/c11-17(12)7-1-2-9-6(3-7)4-8(18(13)14)5-10(9)19(15)16/h1-5,17-19H. The Morgan fingerprint density at radius 3 is 1.74 bits per heavy atom. The maximum atomic E-state index is 11.1. The first-order valence-corrected chi connectivity index (χ1v) is 8.44. The Morgan fingerprint density at radius 1 is 0.632 bits per heavy atom. The van der Waals surface area contributed by atoms with Gasteiger partial charge in [0, 0.05) is 5.39 Å². The molecule has 0 aromatic heterocycles. The molecule has 0 amide bonds. The van der Waals surface area contributed by atoms with Crippen molar-refractivity contribution in [3.63, 3.8) is 0 Å². The van der Waals surface area contributed by atoms with Crippen molar-refractivity contribution in [2.75, 3.05) is 0 Å². The normalized spacial score (nSPS) is 11.7. The molecular weight excluding hydrogens is 312 g/mol. The van der Waals surface area contributed by atoms with Crippen LogP contribution in [0, 0.1) is 0 Å². The smallest absolute Gasteiger partial charge is 0.168 e. The number of hydrogen-bond donors (Lipinski definition) is 3. The molecule has 0 radical (unpaired) electrons. The lowest BCUT2D eigenvalue weighted by atomic mass is 10.1. The molecule has 0 bridgehead atoms. The Hall–Kier alpha value is -1.45. The van der Waals surface area contributed by atoms with E-state index in [-0.39, 0.29) is 25.5 Å². The Kier molecular flexibility index (Phi) is 3.88. The van der Waals surface area contributed by atoms with Crippen LogP contribution < -0.4 is 0 Å². The van der Waals surface area contributed by atoms with Crippen LogP contribution in [0.15, 0.2) is 45.0 Å². The molecule has 2 aromatic carbocycles. The summed E-state index contributed by atoms with van der Waals surface area (Å²) in [6, 6.07) is 6.15. The Balaban J connectivity index is 2.94. The minimum absolute atomic E-state index is 0.00662. The molecule has 102 valence electrons. The fraction of sp³-hybridized carbons (Fsp3) is 0. The van der Waals surface area contributed by atoms with Crippen LogP contribution in [0.25, 0.3) is 10.8 Å². The van der Waals surface area contributed by atoms with Crippen molar-refractivity contribution in [3.8, 4) is 0 Å². The number of benzene rings is 2. The van der Waals surface area contributed by atoms with E-state index in [1.54, 1.807) is 0 Å². The van der Waals surface area contributed by atoms with Gasteiger partial charge in [0.2, 0.25) is 0 Å².